The molecule has 0 atom stereocenters. The summed E-state index contributed by atoms with van der Waals surface area (Å²) >= 11 is 1.28. The van der Waals surface area contributed by atoms with E-state index in [1.165, 1.54) is 18.0 Å². The molecule has 0 unspecified atom stereocenters. The van der Waals surface area contributed by atoms with Gasteiger partial charge in [-0.3, -0.25) is 4.98 Å². The topological polar surface area (TPSA) is 110 Å². The van der Waals surface area contributed by atoms with Crippen molar-refractivity contribution in [3.8, 4) is 0 Å². The van der Waals surface area contributed by atoms with E-state index in [0.29, 0.717) is 21.4 Å². The molecule has 0 fully saturated rings. The summed E-state index contributed by atoms with van der Waals surface area (Å²) in [6, 6.07) is 0. The monoisotopic (exact) mass is 262 g/mol. The maximum Gasteiger partial charge on any atom is 0.174 e. The molecule has 0 spiro atoms. The Hall–Kier alpha value is -2.22. The lowest BCUT2D eigenvalue weighted by Crippen LogP contribution is -2.16. The van der Waals surface area contributed by atoms with Gasteiger partial charge in [-0.05, 0) is 18.7 Å². The first-order valence-electron chi connectivity index (χ1n) is 4.96. The number of aromatic nitrogens is 4. The van der Waals surface area contributed by atoms with Gasteiger partial charge in [0.25, 0.3) is 0 Å². The number of oxime groups is 1. The maximum atomic E-state index is 8.72. The van der Waals surface area contributed by atoms with Crippen LogP contribution in [-0.2, 0) is 0 Å². The summed E-state index contributed by atoms with van der Waals surface area (Å²) in [6.45, 7) is 1.76. The van der Waals surface area contributed by atoms with Crippen LogP contribution in [0.5, 0.6) is 0 Å². The van der Waals surface area contributed by atoms with Crippen molar-refractivity contribution in [1.82, 2.24) is 19.9 Å². The first-order valence-corrected chi connectivity index (χ1v) is 5.77. The number of aryl methyl sites for hydroxylation is 1. The molecule has 0 aliphatic rings. The Kier molecular flexibility index (Phi) is 3.68. The Morgan fingerprint density at radius 3 is 2.83 bits per heavy atom. The predicted octanol–water partition coefficient (Wildman–Crippen LogP) is 0.821. The van der Waals surface area contributed by atoms with Crippen LogP contribution in [0.25, 0.3) is 0 Å². The highest BCUT2D eigenvalue weighted by molar-refractivity contribution is 7.99. The van der Waals surface area contributed by atoms with Crippen LogP contribution in [0, 0.1) is 6.92 Å². The van der Waals surface area contributed by atoms with Crippen LogP contribution < -0.4 is 5.73 Å². The third-order valence-corrected chi connectivity index (χ3v) is 2.92. The summed E-state index contributed by atoms with van der Waals surface area (Å²) in [4.78, 5) is 16.4. The summed E-state index contributed by atoms with van der Waals surface area (Å²) in [5, 5.41) is 12.9. The highest BCUT2D eigenvalue weighted by Gasteiger charge is 2.12. The van der Waals surface area contributed by atoms with Crippen LogP contribution in [0.1, 0.15) is 11.4 Å². The number of hydrogen-bond acceptors (Lipinski definition) is 7. The average molecular weight is 262 g/mol. The van der Waals surface area contributed by atoms with Crippen LogP contribution in [0.15, 0.2) is 40.0 Å². The fourth-order valence-corrected chi connectivity index (χ4v) is 2.06. The van der Waals surface area contributed by atoms with Crippen molar-refractivity contribution in [1.29, 1.82) is 0 Å². The highest BCUT2D eigenvalue weighted by atomic mass is 32.2. The number of hydrogen-bond donors (Lipinski definition) is 2. The Morgan fingerprint density at radius 2 is 2.17 bits per heavy atom. The highest BCUT2D eigenvalue weighted by Crippen LogP contribution is 2.26. The molecule has 0 saturated heterocycles. The Bertz CT molecular complexity index is 574. The summed E-state index contributed by atoms with van der Waals surface area (Å²) in [6.07, 6.45) is 6.29. The minimum atomic E-state index is -0.0404. The standard InChI is InChI=1S/C10H10N6OS/c1-6-14-4-7(9(11)16-17)10(15-6)18-8-5-12-2-3-13-8/h2-5,17H,1H3,(H2,11,16). The fraction of sp³-hybridized carbons (Fsp3) is 0.100. The first kappa shape index (κ1) is 12.2. The van der Waals surface area contributed by atoms with E-state index in [-0.39, 0.29) is 5.84 Å². The number of rotatable bonds is 3. The Labute approximate surface area is 107 Å². The zero-order valence-corrected chi connectivity index (χ0v) is 10.3. The van der Waals surface area contributed by atoms with E-state index in [4.69, 9.17) is 10.9 Å². The molecular formula is C10H10N6OS. The van der Waals surface area contributed by atoms with Crippen molar-refractivity contribution in [2.45, 2.75) is 17.0 Å². The maximum absolute atomic E-state index is 8.72. The molecule has 2 aromatic rings. The molecule has 0 saturated carbocycles. The SMILES string of the molecule is Cc1ncc(/C(N)=N/O)c(Sc2cnccn2)n1. The largest absolute Gasteiger partial charge is 0.409 e. The lowest BCUT2D eigenvalue weighted by molar-refractivity contribution is 0.318. The first-order chi connectivity index (χ1) is 8.70. The van der Waals surface area contributed by atoms with E-state index in [0.717, 1.165) is 0 Å². The molecule has 92 valence electrons. The van der Waals surface area contributed by atoms with Gasteiger partial charge in [0.1, 0.15) is 15.9 Å². The van der Waals surface area contributed by atoms with E-state index in [1.807, 2.05) is 0 Å². The average Bonchev–Trinajstić information content (AvgIpc) is 2.39. The lowest BCUT2D eigenvalue weighted by Gasteiger charge is -2.06. The third kappa shape index (κ3) is 2.72. The molecule has 2 heterocycles. The second-order valence-corrected chi connectivity index (χ2v) is 4.28. The van der Waals surface area contributed by atoms with Gasteiger partial charge in [-0.2, -0.15) is 0 Å². The van der Waals surface area contributed by atoms with E-state index in [9.17, 15) is 0 Å². The van der Waals surface area contributed by atoms with Crippen molar-refractivity contribution >= 4 is 17.6 Å². The normalized spacial score (nSPS) is 11.5. The van der Waals surface area contributed by atoms with Crippen molar-refractivity contribution in [3.63, 3.8) is 0 Å². The van der Waals surface area contributed by atoms with Crippen LogP contribution in [0.2, 0.25) is 0 Å². The zero-order chi connectivity index (χ0) is 13.0. The summed E-state index contributed by atoms with van der Waals surface area (Å²) in [7, 11) is 0. The van der Waals surface area contributed by atoms with Gasteiger partial charge in [0.2, 0.25) is 0 Å². The van der Waals surface area contributed by atoms with Gasteiger partial charge in [0.15, 0.2) is 5.84 Å². The van der Waals surface area contributed by atoms with Gasteiger partial charge < -0.3 is 10.9 Å². The molecule has 0 bridgehead atoms. The van der Waals surface area contributed by atoms with E-state index < -0.39 is 0 Å². The second kappa shape index (κ2) is 5.41. The molecule has 0 amide bonds. The molecular weight excluding hydrogens is 252 g/mol. The van der Waals surface area contributed by atoms with Gasteiger partial charge in [0, 0.05) is 18.6 Å². The quantitative estimate of drug-likeness (QED) is 0.277. The van der Waals surface area contributed by atoms with Crippen molar-refractivity contribution in [3.05, 3.63) is 36.2 Å². The minimum Gasteiger partial charge on any atom is -0.409 e. The van der Waals surface area contributed by atoms with Gasteiger partial charge in [0.05, 0.1) is 11.8 Å². The van der Waals surface area contributed by atoms with Crippen molar-refractivity contribution in [2.24, 2.45) is 10.9 Å². The molecule has 3 N–H and O–H groups in total. The van der Waals surface area contributed by atoms with E-state index >= 15 is 0 Å². The lowest BCUT2D eigenvalue weighted by atomic mass is 10.3. The van der Waals surface area contributed by atoms with Crippen LogP contribution in [-0.4, -0.2) is 31.0 Å². The molecule has 2 aromatic heterocycles. The minimum absolute atomic E-state index is 0.0404. The number of amidine groups is 1. The summed E-state index contributed by atoms with van der Waals surface area (Å²) in [5.74, 6) is 0.553. The van der Waals surface area contributed by atoms with Gasteiger partial charge in [-0.25, -0.2) is 15.0 Å². The predicted molar refractivity (Wildman–Crippen MR) is 65.4 cm³/mol. The molecule has 0 radical (unpaired) electrons. The summed E-state index contributed by atoms with van der Waals surface area (Å²) < 4.78 is 0. The van der Waals surface area contributed by atoms with Crippen LogP contribution in [0.4, 0.5) is 0 Å². The summed E-state index contributed by atoms with van der Waals surface area (Å²) in [5.41, 5.74) is 6.03. The smallest absolute Gasteiger partial charge is 0.174 e. The third-order valence-electron chi connectivity index (χ3n) is 2.00. The van der Waals surface area contributed by atoms with E-state index in [1.54, 1.807) is 25.5 Å². The van der Waals surface area contributed by atoms with Crippen molar-refractivity contribution < 1.29 is 5.21 Å². The molecule has 0 aliphatic carbocycles. The van der Waals surface area contributed by atoms with Crippen LogP contribution >= 0.6 is 11.8 Å². The molecule has 18 heavy (non-hydrogen) atoms. The number of nitrogens with zero attached hydrogens (tertiary/aromatic N) is 5. The second-order valence-electron chi connectivity index (χ2n) is 3.27. The Balaban J connectivity index is 2.40. The molecule has 8 heteroatoms. The molecule has 0 aromatic carbocycles. The van der Waals surface area contributed by atoms with E-state index in [2.05, 4.69) is 25.1 Å². The van der Waals surface area contributed by atoms with Gasteiger partial charge in [-0.1, -0.05) is 5.16 Å². The molecule has 7 nitrogen and oxygen atoms in total. The van der Waals surface area contributed by atoms with Crippen LogP contribution in [0.3, 0.4) is 0 Å². The zero-order valence-electron chi connectivity index (χ0n) is 9.48. The van der Waals surface area contributed by atoms with Gasteiger partial charge in [-0.15, -0.1) is 0 Å². The Morgan fingerprint density at radius 1 is 1.33 bits per heavy atom. The molecule has 2 rings (SSSR count). The molecule has 0 aliphatic heterocycles. The number of nitrogens with two attached hydrogens (primary N) is 1. The van der Waals surface area contributed by atoms with Gasteiger partial charge >= 0.3 is 0 Å². The fourth-order valence-electron chi connectivity index (χ4n) is 1.19. The van der Waals surface area contributed by atoms with Crippen molar-refractivity contribution in [2.75, 3.05) is 0 Å².